The number of aryl methyl sites for hydroxylation is 2. The first-order valence-electron chi connectivity index (χ1n) is 11.2. The molecule has 0 spiro atoms. The molecular formula is C23H32N6O3. The van der Waals surface area contributed by atoms with E-state index in [9.17, 15) is 20.0 Å². The average Bonchev–Trinajstić information content (AvgIpc) is 3.15. The monoisotopic (exact) mass is 440 g/mol. The third-order valence-electron chi connectivity index (χ3n) is 6.05. The minimum absolute atomic E-state index is 0.0741. The maximum atomic E-state index is 13.0. The molecule has 0 aromatic carbocycles. The second-order valence-corrected chi connectivity index (χ2v) is 8.97. The number of amides is 2. The van der Waals surface area contributed by atoms with E-state index in [0.717, 1.165) is 17.0 Å². The molecule has 0 saturated carbocycles. The van der Waals surface area contributed by atoms with Crippen molar-refractivity contribution in [2.45, 2.75) is 71.9 Å². The molecule has 1 aliphatic rings. The van der Waals surface area contributed by atoms with E-state index in [1.165, 1.54) is 6.20 Å². The molecule has 172 valence electrons. The number of nitrogens with one attached hydrogen (secondary N) is 1. The SMILES string of the molecule is Cc1nc2c(C#N)cnn2c(C)c1CCC(=O)N[C@H](CC(C)C)C(=O)N1CCC(O)CC1. The van der Waals surface area contributed by atoms with Crippen LogP contribution in [0.1, 0.15) is 62.0 Å². The van der Waals surface area contributed by atoms with Crippen molar-refractivity contribution >= 4 is 17.5 Å². The molecule has 3 heterocycles. The number of likely N-dealkylation sites (tertiary alicyclic amines) is 1. The summed E-state index contributed by atoms with van der Waals surface area (Å²) in [7, 11) is 0. The van der Waals surface area contributed by atoms with Crippen LogP contribution in [-0.2, 0) is 16.0 Å². The van der Waals surface area contributed by atoms with Crippen molar-refractivity contribution in [3.63, 3.8) is 0 Å². The van der Waals surface area contributed by atoms with Gasteiger partial charge in [-0.2, -0.15) is 10.4 Å². The van der Waals surface area contributed by atoms with Gasteiger partial charge in [0, 0.05) is 30.9 Å². The van der Waals surface area contributed by atoms with Crippen LogP contribution in [0.2, 0.25) is 0 Å². The molecular weight excluding hydrogens is 408 g/mol. The van der Waals surface area contributed by atoms with E-state index < -0.39 is 6.04 Å². The van der Waals surface area contributed by atoms with Crippen molar-refractivity contribution in [3.8, 4) is 6.07 Å². The Morgan fingerprint density at radius 3 is 2.62 bits per heavy atom. The molecule has 1 atom stereocenters. The topological polar surface area (TPSA) is 124 Å². The van der Waals surface area contributed by atoms with Crippen LogP contribution >= 0.6 is 0 Å². The lowest BCUT2D eigenvalue weighted by Crippen LogP contribution is -2.51. The number of fused-ring (bicyclic) bond motifs is 1. The Labute approximate surface area is 188 Å². The second kappa shape index (κ2) is 10.1. The first kappa shape index (κ1) is 23.7. The van der Waals surface area contributed by atoms with Crippen molar-refractivity contribution in [2.24, 2.45) is 5.92 Å². The Bertz CT molecular complexity index is 1030. The zero-order chi connectivity index (χ0) is 23.4. The van der Waals surface area contributed by atoms with Crippen LogP contribution in [0, 0.1) is 31.1 Å². The van der Waals surface area contributed by atoms with E-state index in [-0.39, 0.29) is 30.3 Å². The fraction of sp³-hybridized carbons (Fsp3) is 0.609. The van der Waals surface area contributed by atoms with Gasteiger partial charge in [-0.25, -0.2) is 9.50 Å². The van der Waals surface area contributed by atoms with Gasteiger partial charge in [0.2, 0.25) is 11.8 Å². The molecule has 9 heteroatoms. The van der Waals surface area contributed by atoms with Crippen LogP contribution in [0.5, 0.6) is 0 Å². The van der Waals surface area contributed by atoms with Crippen molar-refractivity contribution in [2.75, 3.05) is 13.1 Å². The zero-order valence-electron chi connectivity index (χ0n) is 19.3. The molecule has 3 rings (SSSR count). The van der Waals surface area contributed by atoms with Gasteiger partial charge < -0.3 is 15.3 Å². The number of aliphatic hydroxyl groups excluding tert-OH is 1. The predicted molar refractivity (Wildman–Crippen MR) is 119 cm³/mol. The summed E-state index contributed by atoms with van der Waals surface area (Å²) in [4.78, 5) is 32.0. The van der Waals surface area contributed by atoms with Crippen LogP contribution in [0.3, 0.4) is 0 Å². The predicted octanol–water partition coefficient (Wildman–Crippen LogP) is 1.66. The molecule has 2 aromatic rings. The van der Waals surface area contributed by atoms with E-state index >= 15 is 0 Å². The molecule has 1 aliphatic heterocycles. The molecule has 2 N–H and O–H groups in total. The first-order chi connectivity index (χ1) is 15.2. The summed E-state index contributed by atoms with van der Waals surface area (Å²) in [6, 6.07) is 1.53. The van der Waals surface area contributed by atoms with Crippen LogP contribution in [-0.4, -0.2) is 61.7 Å². The normalized spacial score (nSPS) is 15.7. The summed E-state index contributed by atoms with van der Waals surface area (Å²) in [5, 5.41) is 26.1. The number of aliphatic hydroxyl groups is 1. The Hall–Kier alpha value is -2.99. The summed E-state index contributed by atoms with van der Waals surface area (Å²) in [6.07, 6.45) is 3.54. The quantitative estimate of drug-likeness (QED) is 0.675. The highest BCUT2D eigenvalue weighted by Crippen LogP contribution is 2.19. The fourth-order valence-electron chi connectivity index (χ4n) is 4.26. The van der Waals surface area contributed by atoms with Gasteiger partial charge in [-0.1, -0.05) is 13.8 Å². The van der Waals surface area contributed by atoms with Crippen molar-refractivity contribution in [1.82, 2.24) is 24.8 Å². The third-order valence-corrected chi connectivity index (χ3v) is 6.05. The highest BCUT2D eigenvalue weighted by Gasteiger charge is 2.29. The number of nitrogens with zero attached hydrogens (tertiary/aromatic N) is 5. The lowest BCUT2D eigenvalue weighted by molar-refractivity contribution is -0.138. The Morgan fingerprint density at radius 2 is 2.00 bits per heavy atom. The number of nitriles is 1. The number of piperidine rings is 1. The Kier molecular flexibility index (Phi) is 7.46. The van der Waals surface area contributed by atoms with Gasteiger partial charge in [0.05, 0.1) is 12.3 Å². The number of carbonyl (C=O) groups excluding carboxylic acids is 2. The molecule has 2 amide bonds. The highest BCUT2D eigenvalue weighted by atomic mass is 16.3. The molecule has 0 radical (unpaired) electrons. The van der Waals surface area contributed by atoms with Crippen LogP contribution in [0.4, 0.5) is 0 Å². The van der Waals surface area contributed by atoms with E-state index in [0.29, 0.717) is 50.0 Å². The van der Waals surface area contributed by atoms with Gasteiger partial charge in [0.25, 0.3) is 0 Å². The third kappa shape index (κ3) is 5.25. The second-order valence-electron chi connectivity index (χ2n) is 8.97. The first-order valence-corrected chi connectivity index (χ1v) is 11.2. The lowest BCUT2D eigenvalue weighted by Gasteiger charge is -2.33. The fourth-order valence-corrected chi connectivity index (χ4v) is 4.26. The molecule has 1 fully saturated rings. The lowest BCUT2D eigenvalue weighted by atomic mass is 10.00. The summed E-state index contributed by atoms with van der Waals surface area (Å²) >= 11 is 0. The van der Waals surface area contributed by atoms with Crippen molar-refractivity contribution < 1.29 is 14.7 Å². The average molecular weight is 441 g/mol. The van der Waals surface area contributed by atoms with Gasteiger partial charge in [0.1, 0.15) is 17.7 Å². The van der Waals surface area contributed by atoms with Crippen molar-refractivity contribution in [1.29, 1.82) is 5.26 Å². The number of rotatable bonds is 7. The van der Waals surface area contributed by atoms with Crippen molar-refractivity contribution in [3.05, 3.63) is 28.7 Å². The van der Waals surface area contributed by atoms with E-state index in [1.807, 2.05) is 27.7 Å². The maximum absolute atomic E-state index is 13.0. The summed E-state index contributed by atoms with van der Waals surface area (Å²) in [5.74, 6) is -0.00189. The highest BCUT2D eigenvalue weighted by molar-refractivity contribution is 5.87. The maximum Gasteiger partial charge on any atom is 0.245 e. The molecule has 0 unspecified atom stereocenters. The summed E-state index contributed by atoms with van der Waals surface area (Å²) in [6.45, 7) is 8.86. The number of carbonyl (C=O) groups is 2. The zero-order valence-corrected chi connectivity index (χ0v) is 19.3. The van der Waals surface area contributed by atoms with E-state index in [1.54, 1.807) is 9.42 Å². The van der Waals surface area contributed by atoms with Gasteiger partial charge in [0.15, 0.2) is 5.65 Å². The molecule has 2 aromatic heterocycles. The van der Waals surface area contributed by atoms with E-state index in [4.69, 9.17) is 0 Å². The molecule has 1 saturated heterocycles. The largest absolute Gasteiger partial charge is 0.393 e. The number of hydrogen-bond acceptors (Lipinski definition) is 6. The number of aromatic nitrogens is 3. The van der Waals surface area contributed by atoms with Gasteiger partial charge in [-0.15, -0.1) is 0 Å². The molecule has 32 heavy (non-hydrogen) atoms. The van der Waals surface area contributed by atoms with Crippen LogP contribution < -0.4 is 5.32 Å². The van der Waals surface area contributed by atoms with E-state index in [2.05, 4.69) is 21.5 Å². The molecule has 0 aliphatic carbocycles. The molecule has 0 bridgehead atoms. The van der Waals surface area contributed by atoms with Gasteiger partial charge in [-0.05, 0) is 51.0 Å². The van der Waals surface area contributed by atoms with Gasteiger partial charge >= 0.3 is 0 Å². The Morgan fingerprint density at radius 1 is 1.31 bits per heavy atom. The Balaban J connectivity index is 1.67. The van der Waals surface area contributed by atoms with Gasteiger partial charge in [-0.3, -0.25) is 9.59 Å². The van der Waals surface area contributed by atoms with Crippen LogP contribution in [0.15, 0.2) is 6.20 Å². The standard InChI is InChI=1S/C23H32N6O3/c1-14(2)11-20(23(32)28-9-7-18(30)8-10-28)27-21(31)6-5-19-15(3)26-22-17(12-24)13-25-29(22)16(19)4/h13-14,18,20,30H,5-11H2,1-4H3,(H,27,31)/t20-/m1/s1. The summed E-state index contributed by atoms with van der Waals surface area (Å²) < 4.78 is 1.63. The van der Waals surface area contributed by atoms with Crippen LogP contribution in [0.25, 0.3) is 5.65 Å². The minimum atomic E-state index is -0.565. The number of hydrogen-bond donors (Lipinski definition) is 2. The summed E-state index contributed by atoms with van der Waals surface area (Å²) in [5.41, 5.74) is 3.47. The minimum Gasteiger partial charge on any atom is -0.393 e. The molecule has 9 nitrogen and oxygen atoms in total. The smallest absolute Gasteiger partial charge is 0.245 e.